The summed E-state index contributed by atoms with van der Waals surface area (Å²) >= 11 is 1.52. The van der Waals surface area contributed by atoms with Gasteiger partial charge in [-0.25, -0.2) is 8.42 Å². The maximum atomic E-state index is 13.0. The first-order valence-corrected chi connectivity index (χ1v) is 9.13. The van der Waals surface area contributed by atoms with Gasteiger partial charge in [0.25, 0.3) is 10.0 Å². The van der Waals surface area contributed by atoms with Crippen molar-refractivity contribution in [3.8, 4) is 0 Å². The lowest BCUT2D eigenvalue weighted by Crippen LogP contribution is -2.35. The van der Waals surface area contributed by atoms with Gasteiger partial charge in [-0.3, -0.25) is 4.31 Å². The van der Waals surface area contributed by atoms with E-state index in [4.69, 9.17) is 5.73 Å². The fraction of sp³-hybridized carbons (Fsp3) is 0.333. The number of nitrogens with two attached hydrogens (primary N) is 1. The molecule has 112 valence electrons. The highest BCUT2D eigenvalue weighted by molar-refractivity contribution is 7.93. The Hall–Kier alpha value is -1.53. The molecule has 3 rings (SSSR count). The van der Waals surface area contributed by atoms with Crippen molar-refractivity contribution in [3.63, 3.8) is 0 Å². The highest BCUT2D eigenvalue weighted by Crippen LogP contribution is 2.35. The first kappa shape index (κ1) is 14.4. The first-order valence-electron chi connectivity index (χ1n) is 6.88. The van der Waals surface area contributed by atoms with Crippen molar-refractivity contribution in [1.82, 2.24) is 0 Å². The molecule has 6 heteroatoms. The van der Waals surface area contributed by atoms with Crippen molar-refractivity contribution in [1.29, 1.82) is 0 Å². The van der Waals surface area contributed by atoms with Crippen molar-refractivity contribution >= 4 is 32.7 Å². The normalized spacial score (nSPS) is 15.0. The monoisotopic (exact) mass is 322 g/mol. The molecule has 0 atom stereocenters. The molecule has 2 aromatic rings. The molecule has 0 bridgehead atoms. The Morgan fingerprint density at radius 2 is 2.00 bits per heavy atom. The van der Waals surface area contributed by atoms with Crippen LogP contribution in [-0.4, -0.2) is 15.0 Å². The summed E-state index contributed by atoms with van der Waals surface area (Å²) in [6.07, 6.45) is 1.69. The van der Waals surface area contributed by atoms with E-state index in [-0.39, 0.29) is 0 Å². The van der Waals surface area contributed by atoms with E-state index < -0.39 is 10.0 Å². The number of rotatable bonds is 2. The van der Waals surface area contributed by atoms with Gasteiger partial charge in [0.15, 0.2) is 0 Å². The molecule has 2 heterocycles. The third-order valence-corrected chi connectivity index (χ3v) is 6.78. The van der Waals surface area contributed by atoms with E-state index in [9.17, 15) is 8.42 Å². The van der Waals surface area contributed by atoms with Crippen LogP contribution in [0.3, 0.4) is 0 Å². The number of benzene rings is 1. The second-order valence-corrected chi connectivity index (χ2v) is 8.64. The molecule has 0 amide bonds. The van der Waals surface area contributed by atoms with E-state index in [1.54, 1.807) is 12.1 Å². The molecular formula is C15H18N2O2S2. The van der Waals surface area contributed by atoms with Gasteiger partial charge in [0.05, 0.1) is 5.69 Å². The SMILES string of the molecule is Cc1cc(S(=O)(=O)N2CCCc3cc(N)ccc32)c(C)s1. The summed E-state index contributed by atoms with van der Waals surface area (Å²) in [5, 5.41) is 0. The lowest BCUT2D eigenvalue weighted by Gasteiger charge is -2.30. The van der Waals surface area contributed by atoms with Crippen LogP contribution >= 0.6 is 11.3 Å². The molecule has 1 aromatic carbocycles. The summed E-state index contributed by atoms with van der Waals surface area (Å²) in [6, 6.07) is 7.22. The van der Waals surface area contributed by atoms with Crippen LogP contribution in [0.1, 0.15) is 21.7 Å². The fourth-order valence-corrected chi connectivity index (χ4v) is 5.88. The largest absolute Gasteiger partial charge is 0.399 e. The number of nitrogens with zero attached hydrogens (tertiary/aromatic N) is 1. The van der Waals surface area contributed by atoms with Gasteiger partial charge < -0.3 is 5.73 Å². The minimum absolute atomic E-state index is 0.426. The topological polar surface area (TPSA) is 63.4 Å². The number of thiophene rings is 1. The predicted octanol–water partition coefficient (Wildman–Crippen LogP) is 3.09. The van der Waals surface area contributed by atoms with Crippen molar-refractivity contribution < 1.29 is 8.42 Å². The quantitative estimate of drug-likeness (QED) is 0.864. The zero-order valence-electron chi connectivity index (χ0n) is 12.1. The minimum atomic E-state index is -3.50. The highest BCUT2D eigenvalue weighted by Gasteiger charge is 2.31. The Balaban J connectivity index is 2.12. The summed E-state index contributed by atoms with van der Waals surface area (Å²) in [4.78, 5) is 2.28. The van der Waals surface area contributed by atoms with Crippen molar-refractivity contribution in [2.75, 3.05) is 16.6 Å². The van der Waals surface area contributed by atoms with E-state index in [0.29, 0.717) is 17.1 Å². The summed E-state index contributed by atoms with van der Waals surface area (Å²) in [6.45, 7) is 4.31. The fourth-order valence-electron chi connectivity index (χ4n) is 2.81. The second-order valence-electron chi connectivity index (χ2n) is 5.35. The summed E-state index contributed by atoms with van der Waals surface area (Å²) in [5.41, 5.74) is 8.26. The van der Waals surface area contributed by atoms with Crippen LogP contribution in [0.5, 0.6) is 0 Å². The van der Waals surface area contributed by atoms with Gasteiger partial charge in [-0.2, -0.15) is 0 Å². The molecule has 1 aromatic heterocycles. The molecule has 0 saturated heterocycles. The van der Waals surface area contributed by atoms with Gasteiger partial charge in [-0.1, -0.05) is 0 Å². The maximum absolute atomic E-state index is 13.0. The lowest BCUT2D eigenvalue weighted by atomic mass is 10.0. The molecule has 0 unspecified atom stereocenters. The number of anilines is 2. The molecular weight excluding hydrogens is 304 g/mol. The minimum Gasteiger partial charge on any atom is -0.399 e. The number of nitrogen functional groups attached to an aromatic ring is 1. The number of hydrogen-bond donors (Lipinski definition) is 1. The Morgan fingerprint density at radius 1 is 1.24 bits per heavy atom. The van der Waals surface area contributed by atoms with E-state index in [1.807, 2.05) is 26.0 Å². The van der Waals surface area contributed by atoms with E-state index >= 15 is 0 Å². The van der Waals surface area contributed by atoms with Gasteiger partial charge >= 0.3 is 0 Å². The van der Waals surface area contributed by atoms with Crippen LogP contribution in [0.4, 0.5) is 11.4 Å². The molecule has 0 saturated carbocycles. The van der Waals surface area contributed by atoms with Gasteiger partial charge in [-0.15, -0.1) is 11.3 Å². The van der Waals surface area contributed by atoms with Gasteiger partial charge in [-0.05, 0) is 56.5 Å². The first-order chi connectivity index (χ1) is 9.89. The molecule has 4 nitrogen and oxygen atoms in total. The molecule has 1 aliphatic rings. The Morgan fingerprint density at radius 3 is 2.67 bits per heavy atom. The molecule has 0 radical (unpaired) electrons. The van der Waals surface area contributed by atoms with E-state index in [0.717, 1.165) is 33.8 Å². The number of aryl methyl sites for hydroxylation is 3. The van der Waals surface area contributed by atoms with Crippen molar-refractivity contribution in [3.05, 3.63) is 39.6 Å². The Kier molecular flexibility index (Phi) is 3.45. The zero-order chi connectivity index (χ0) is 15.2. The van der Waals surface area contributed by atoms with Crippen molar-refractivity contribution in [2.45, 2.75) is 31.6 Å². The molecule has 0 fully saturated rings. The van der Waals surface area contributed by atoms with Gasteiger partial charge in [0.1, 0.15) is 4.90 Å². The van der Waals surface area contributed by atoms with Crippen molar-refractivity contribution in [2.24, 2.45) is 0 Å². The Bertz CT molecular complexity index is 794. The number of hydrogen-bond acceptors (Lipinski definition) is 4. The summed E-state index contributed by atoms with van der Waals surface area (Å²) < 4.78 is 27.5. The van der Waals surface area contributed by atoms with Crippen LogP contribution in [-0.2, 0) is 16.4 Å². The predicted molar refractivity (Wildman–Crippen MR) is 87.5 cm³/mol. The Labute approximate surface area is 129 Å². The van der Waals surface area contributed by atoms with Crippen LogP contribution in [0.25, 0.3) is 0 Å². The van der Waals surface area contributed by atoms with Crippen LogP contribution in [0.15, 0.2) is 29.2 Å². The third-order valence-electron chi connectivity index (χ3n) is 3.74. The molecule has 0 aliphatic carbocycles. The van der Waals surface area contributed by atoms with Crippen LogP contribution in [0.2, 0.25) is 0 Å². The smallest absolute Gasteiger partial charge is 0.265 e. The zero-order valence-corrected chi connectivity index (χ0v) is 13.7. The number of fused-ring (bicyclic) bond motifs is 1. The molecule has 1 aliphatic heterocycles. The van der Waals surface area contributed by atoms with Gasteiger partial charge in [0, 0.05) is 22.0 Å². The average molecular weight is 322 g/mol. The highest BCUT2D eigenvalue weighted by atomic mass is 32.2. The maximum Gasteiger partial charge on any atom is 0.265 e. The third kappa shape index (κ3) is 2.42. The standard InChI is InChI=1S/C15H18N2O2S2/c1-10-8-15(11(2)20-10)21(18,19)17-7-3-4-12-9-13(16)5-6-14(12)17/h5-6,8-9H,3-4,7,16H2,1-2H3. The summed E-state index contributed by atoms with van der Waals surface area (Å²) in [7, 11) is -3.50. The van der Waals surface area contributed by atoms with Crippen LogP contribution < -0.4 is 10.0 Å². The lowest BCUT2D eigenvalue weighted by molar-refractivity contribution is 0.586. The molecule has 2 N–H and O–H groups in total. The molecule has 21 heavy (non-hydrogen) atoms. The molecule has 0 spiro atoms. The second kappa shape index (κ2) is 5.03. The summed E-state index contributed by atoms with van der Waals surface area (Å²) in [5.74, 6) is 0. The van der Waals surface area contributed by atoms with E-state index in [2.05, 4.69) is 0 Å². The number of sulfonamides is 1. The van der Waals surface area contributed by atoms with Gasteiger partial charge in [0.2, 0.25) is 0 Å². The van der Waals surface area contributed by atoms with E-state index in [1.165, 1.54) is 15.6 Å². The van der Waals surface area contributed by atoms with Crippen LogP contribution in [0, 0.1) is 13.8 Å². The average Bonchev–Trinajstić information content (AvgIpc) is 2.77.